The van der Waals surface area contributed by atoms with Crippen molar-refractivity contribution in [3.8, 4) is 51.0 Å². The number of nitrogens with zero attached hydrogens (tertiary/aromatic N) is 5. The van der Waals surface area contributed by atoms with Crippen LogP contribution in [0.5, 0.6) is 0 Å². The second-order valence-corrected chi connectivity index (χ2v) is 14.4. The van der Waals surface area contributed by atoms with Crippen LogP contribution in [0.15, 0.2) is 188 Å². The zero-order valence-corrected chi connectivity index (χ0v) is 30.1. The molecule has 0 aliphatic heterocycles. The quantitative estimate of drug-likeness (QED) is 0.178. The van der Waals surface area contributed by atoms with Gasteiger partial charge in [-0.25, -0.2) is 15.0 Å². The normalized spacial score (nSPS) is 11.9. The Bertz CT molecular complexity index is 3310. The van der Waals surface area contributed by atoms with E-state index in [0.717, 1.165) is 27.9 Å². The van der Waals surface area contributed by atoms with Gasteiger partial charge in [0.25, 0.3) is 0 Å². The van der Waals surface area contributed by atoms with Gasteiger partial charge in [0.1, 0.15) is 0 Å². The van der Waals surface area contributed by atoms with Gasteiger partial charge in [-0.05, 0) is 60.2 Å². The molecule has 0 N–H and O–H groups in total. The van der Waals surface area contributed by atoms with Crippen molar-refractivity contribution in [2.45, 2.75) is 0 Å². The first-order valence-corrected chi connectivity index (χ1v) is 19.0. The van der Waals surface area contributed by atoms with E-state index in [-0.39, 0.29) is 0 Å². The molecule has 0 spiro atoms. The molecular weight excluding hydrogens is 683 g/mol. The van der Waals surface area contributed by atoms with E-state index in [4.69, 9.17) is 15.0 Å². The maximum Gasteiger partial charge on any atom is 0.164 e. The number of fused-ring (bicyclic) bond motifs is 9. The monoisotopic (exact) mass is 713 g/mol. The van der Waals surface area contributed by atoms with Crippen LogP contribution >= 0.6 is 0 Å². The summed E-state index contributed by atoms with van der Waals surface area (Å²) in [5.41, 5.74) is 12.4. The zero-order valence-electron chi connectivity index (χ0n) is 30.1. The van der Waals surface area contributed by atoms with Crippen molar-refractivity contribution >= 4 is 59.9 Å². The maximum absolute atomic E-state index is 4.99. The molecule has 0 bridgehead atoms. The molecule has 0 saturated heterocycles. The summed E-state index contributed by atoms with van der Waals surface area (Å²) >= 11 is 0. The molecule has 4 heterocycles. The van der Waals surface area contributed by atoms with Crippen molar-refractivity contribution in [3.63, 3.8) is 0 Å². The minimum absolute atomic E-state index is 0.637. The van der Waals surface area contributed by atoms with Crippen molar-refractivity contribution in [3.05, 3.63) is 188 Å². The van der Waals surface area contributed by atoms with E-state index in [1.165, 1.54) is 65.5 Å². The lowest BCUT2D eigenvalue weighted by molar-refractivity contribution is 1.07. The number of hydrogen-bond donors (Lipinski definition) is 0. The molecule has 0 amide bonds. The van der Waals surface area contributed by atoms with E-state index in [1.807, 2.05) is 60.7 Å². The highest BCUT2D eigenvalue weighted by molar-refractivity contribution is 6.25. The Morgan fingerprint density at radius 3 is 1.30 bits per heavy atom. The third-order valence-electron chi connectivity index (χ3n) is 11.3. The third kappa shape index (κ3) is 4.52. The Labute approximate surface area is 321 Å². The fourth-order valence-electron chi connectivity index (χ4n) is 8.82. The molecule has 0 atom stereocenters. The predicted molar refractivity (Wildman–Crippen MR) is 231 cm³/mol. The molecule has 260 valence electrons. The Morgan fingerprint density at radius 2 is 0.750 bits per heavy atom. The summed E-state index contributed by atoms with van der Waals surface area (Å²) in [7, 11) is 0. The molecule has 0 radical (unpaired) electrons. The average molecular weight is 714 g/mol. The first-order valence-electron chi connectivity index (χ1n) is 19.0. The van der Waals surface area contributed by atoms with Gasteiger partial charge in [-0.2, -0.15) is 0 Å². The fourth-order valence-corrected chi connectivity index (χ4v) is 8.82. The summed E-state index contributed by atoms with van der Waals surface area (Å²) in [5.74, 6) is 1.94. The Kier molecular flexibility index (Phi) is 6.56. The summed E-state index contributed by atoms with van der Waals surface area (Å²) in [6.07, 6.45) is 0. The zero-order chi connectivity index (χ0) is 36.7. The van der Waals surface area contributed by atoms with Crippen LogP contribution in [0.25, 0.3) is 111 Å². The predicted octanol–water partition coefficient (Wildman–Crippen LogP) is 12.8. The van der Waals surface area contributed by atoms with Gasteiger partial charge < -0.3 is 8.97 Å². The fraction of sp³-hybridized carbons (Fsp3) is 0. The highest BCUT2D eigenvalue weighted by atomic mass is 15.0. The molecule has 56 heavy (non-hydrogen) atoms. The van der Waals surface area contributed by atoms with Gasteiger partial charge in [0, 0.05) is 60.3 Å². The van der Waals surface area contributed by atoms with Crippen LogP contribution in [0.3, 0.4) is 0 Å². The van der Waals surface area contributed by atoms with Crippen LogP contribution in [0.4, 0.5) is 0 Å². The molecule has 0 aliphatic carbocycles. The van der Waals surface area contributed by atoms with Crippen molar-refractivity contribution in [2.24, 2.45) is 0 Å². The van der Waals surface area contributed by atoms with Crippen LogP contribution in [-0.2, 0) is 0 Å². The highest BCUT2D eigenvalue weighted by Gasteiger charge is 2.22. The Morgan fingerprint density at radius 1 is 0.304 bits per heavy atom. The van der Waals surface area contributed by atoms with Crippen LogP contribution in [0, 0.1) is 0 Å². The van der Waals surface area contributed by atoms with Crippen LogP contribution < -0.4 is 0 Å². The van der Waals surface area contributed by atoms with Crippen LogP contribution in [0.2, 0.25) is 0 Å². The van der Waals surface area contributed by atoms with Crippen molar-refractivity contribution < 1.29 is 0 Å². The number of rotatable bonds is 5. The van der Waals surface area contributed by atoms with E-state index in [0.29, 0.717) is 17.5 Å². The lowest BCUT2D eigenvalue weighted by Gasteiger charge is -2.13. The second-order valence-electron chi connectivity index (χ2n) is 14.4. The molecule has 0 aliphatic rings. The first-order chi connectivity index (χ1) is 27.8. The minimum atomic E-state index is 0.637. The molecule has 8 aromatic carbocycles. The summed E-state index contributed by atoms with van der Waals surface area (Å²) in [6.45, 7) is 0. The molecule has 12 rings (SSSR count). The smallest absolute Gasteiger partial charge is 0.164 e. The SMILES string of the molecule is c1ccc(-c2nc(-c3ccccc3)nc(-c3ccc(-n4c5ccccc5c5cccc(-c6cc7c8ccccc8n8c9ccccc9c(c6)c78)c54)cc3)n2)cc1. The van der Waals surface area contributed by atoms with Crippen LogP contribution in [0.1, 0.15) is 0 Å². The molecule has 12 aromatic rings. The van der Waals surface area contributed by atoms with Gasteiger partial charge in [0.05, 0.1) is 27.6 Å². The molecule has 0 saturated carbocycles. The first kappa shape index (κ1) is 30.8. The van der Waals surface area contributed by atoms with Crippen molar-refractivity contribution in [1.82, 2.24) is 23.9 Å². The highest BCUT2D eigenvalue weighted by Crippen LogP contribution is 2.44. The van der Waals surface area contributed by atoms with E-state index in [1.54, 1.807) is 0 Å². The number of para-hydroxylation sites is 4. The second kappa shape index (κ2) is 11.9. The van der Waals surface area contributed by atoms with Gasteiger partial charge in [0.2, 0.25) is 0 Å². The summed E-state index contributed by atoms with van der Waals surface area (Å²) < 4.78 is 4.86. The summed E-state index contributed by atoms with van der Waals surface area (Å²) in [4.78, 5) is 14.9. The standard InChI is InChI=1S/C51H31N5/c1-3-14-32(15-4-1)49-52-50(33-16-5-2-6-17-33)54-51(53-49)34-26-28-36(29-27-34)55-44-23-10-7-18-38(44)41-22-13-21-37(47(41)55)35-30-42-39-19-8-11-24-45(39)56-46-25-12-9-20-40(46)43(31-35)48(42)56/h1-31H. The largest absolute Gasteiger partial charge is 0.309 e. The maximum atomic E-state index is 4.99. The molecule has 5 nitrogen and oxygen atoms in total. The van der Waals surface area contributed by atoms with E-state index < -0.39 is 0 Å². The summed E-state index contributed by atoms with van der Waals surface area (Å²) in [6, 6.07) is 66.7. The lowest BCUT2D eigenvalue weighted by atomic mass is 9.97. The van der Waals surface area contributed by atoms with Gasteiger partial charge in [-0.1, -0.05) is 133 Å². The van der Waals surface area contributed by atoms with Crippen molar-refractivity contribution in [1.29, 1.82) is 0 Å². The van der Waals surface area contributed by atoms with Gasteiger partial charge in [-0.15, -0.1) is 0 Å². The minimum Gasteiger partial charge on any atom is -0.309 e. The van der Waals surface area contributed by atoms with Gasteiger partial charge in [-0.3, -0.25) is 0 Å². The Balaban J connectivity index is 1.07. The van der Waals surface area contributed by atoms with E-state index >= 15 is 0 Å². The molecule has 5 heteroatoms. The average Bonchev–Trinajstić information content (AvgIpc) is 3.92. The summed E-state index contributed by atoms with van der Waals surface area (Å²) in [5, 5.41) is 7.53. The van der Waals surface area contributed by atoms with Crippen molar-refractivity contribution in [2.75, 3.05) is 0 Å². The van der Waals surface area contributed by atoms with E-state index in [2.05, 4.69) is 136 Å². The van der Waals surface area contributed by atoms with E-state index in [9.17, 15) is 0 Å². The van der Waals surface area contributed by atoms with Crippen LogP contribution in [-0.4, -0.2) is 23.9 Å². The Hall–Kier alpha value is -7.63. The molecular formula is C51H31N5. The molecule has 0 fully saturated rings. The number of aromatic nitrogens is 5. The van der Waals surface area contributed by atoms with Gasteiger partial charge >= 0.3 is 0 Å². The molecule has 0 unspecified atom stereocenters. The van der Waals surface area contributed by atoms with Gasteiger partial charge in [0.15, 0.2) is 17.5 Å². The number of hydrogen-bond acceptors (Lipinski definition) is 3. The number of benzene rings is 8. The lowest BCUT2D eigenvalue weighted by Crippen LogP contribution is -2.00. The third-order valence-corrected chi connectivity index (χ3v) is 11.3. The molecule has 4 aromatic heterocycles. The topological polar surface area (TPSA) is 48.0 Å².